The molecule has 1 saturated heterocycles. The Kier molecular flexibility index (Phi) is 7.05. The Morgan fingerprint density at radius 1 is 1.47 bits per heavy atom. The van der Waals surface area contributed by atoms with E-state index in [2.05, 4.69) is 31.0 Å². The van der Waals surface area contributed by atoms with E-state index in [0.29, 0.717) is 6.54 Å². The summed E-state index contributed by atoms with van der Waals surface area (Å²) >= 11 is 0. The molecule has 1 aliphatic rings. The number of nitrogens with zero attached hydrogens (tertiary/aromatic N) is 2. The van der Waals surface area contributed by atoms with Crippen molar-refractivity contribution in [1.82, 2.24) is 15.1 Å². The molecule has 1 heterocycles. The number of rotatable bonds is 4. The topological polar surface area (TPSA) is 35.6 Å². The first-order valence-corrected chi connectivity index (χ1v) is 6.16. The Morgan fingerprint density at radius 2 is 2.12 bits per heavy atom. The fraction of sp³-hybridized carbons (Fsp3) is 0.917. The number of amides is 1. The molecule has 1 N–H and O–H groups in total. The van der Waals surface area contributed by atoms with Crippen LogP contribution in [-0.2, 0) is 4.79 Å². The van der Waals surface area contributed by atoms with Gasteiger partial charge in [0.15, 0.2) is 0 Å². The highest BCUT2D eigenvalue weighted by Crippen LogP contribution is 2.10. The van der Waals surface area contributed by atoms with Crippen LogP contribution in [0.25, 0.3) is 0 Å². The molecule has 5 heteroatoms. The predicted molar refractivity (Wildman–Crippen MR) is 73.7 cm³/mol. The van der Waals surface area contributed by atoms with Gasteiger partial charge in [0.2, 0.25) is 5.91 Å². The Balaban J connectivity index is 0.00000256. The van der Waals surface area contributed by atoms with Crippen molar-refractivity contribution in [3.05, 3.63) is 0 Å². The number of halogens is 1. The number of nitrogens with one attached hydrogen (secondary N) is 1. The molecule has 1 amide bonds. The molecule has 0 aromatic carbocycles. The summed E-state index contributed by atoms with van der Waals surface area (Å²) < 4.78 is 0. The van der Waals surface area contributed by atoms with Gasteiger partial charge < -0.3 is 10.2 Å². The number of carbonyl (C=O) groups is 1. The van der Waals surface area contributed by atoms with E-state index >= 15 is 0 Å². The third-order valence-corrected chi connectivity index (χ3v) is 2.93. The van der Waals surface area contributed by atoms with Gasteiger partial charge in [0, 0.05) is 25.2 Å². The van der Waals surface area contributed by atoms with Crippen LogP contribution < -0.4 is 5.32 Å². The van der Waals surface area contributed by atoms with Crippen LogP contribution in [0.3, 0.4) is 0 Å². The molecule has 0 aliphatic carbocycles. The summed E-state index contributed by atoms with van der Waals surface area (Å²) in [5, 5.41) is 3.41. The lowest BCUT2D eigenvalue weighted by atomic mass is 10.0. The maximum Gasteiger partial charge on any atom is 0.236 e. The fourth-order valence-electron chi connectivity index (χ4n) is 2.15. The van der Waals surface area contributed by atoms with E-state index in [-0.39, 0.29) is 23.9 Å². The van der Waals surface area contributed by atoms with Crippen LogP contribution in [0.15, 0.2) is 0 Å². The standard InChI is InChI=1S/C12H25N3O.ClH/c1-5-7-14(4)9-11(16)15-8-6-13-12(2,3)10-15;/h13H,5-10H2,1-4H3;1H. The van der Waals surface area contributed by atoms with Gasteiger partial charge in [0.05, 0.1) is 6.54 Å². The van der Waals surface area contributed by atoms with Crippen molar-refractivity contribution in [2.75, 3.05) is 39.8 Å². The highest BCUT2D eigenvalue weighted by molar-refractivity contribution is 5.85. The van der Waals surface area contributed by atoms with Crippen molar-refractivity contribution in [2.45, 2.75) is 32.7 Å². The first-order chi connectivity index (χ1) is 7.44. The van der Waals surface area contributed by atoms with Crippen molar-refractivity contribution in [3.63, 3.8) is 0 Å². The van der Waals surface area contributed by atoms with E-state index in [1.54, 1.807) is 0 Å². The first kappa shape index (κ1) is 16.7. The quantitative estimate of drug-likeness (QED) is 0.821. The molecular formula is C12H26ClN3O. The van der Waals surface area contributed by atoms with Crippen molar-refractivity contribution in [2.24, 2.45) is 0 Å². The Bertz CT molecular complexity index is 246. The molecule has 1 fully saturated rings. The Labute approximate surface area is 111 Å². The molecule has 0 aromatic rings. The summed E-state index contributed by atoms with van der Waals surface area (Å²) in [6.07, 6.45) is 1.09. The summed E-state index contributed by atoms with van der Waals surface area (Å²) in [6, 6.07) is 0. The summed E-state index contributed by atoms with van der Waals surface area (Å²) in [6.45, 7) is 10.5. The Hall–Kier alpha value is -0.320. The van der Waals surface area contributed by atoms with E-state index in [9.17, 15) is 4.79 Å². The zero-order chi connectivity index (χ0) is 12.2. The van der Waals surface area contributed by atoms with E-state index in [1.165, 1.54) is 0 Å². The van der Waals surface area contributed by atoms with Crippen LogP contribution in [-0.4, -0.2) is 61.0 Å². The molecule has 1 rings (SSSR count). The maximum absolute atomic E-state index is 12.0. The average Bonchev–Trinajstić information content (AvgIpc) is 2.16. The van der Waals surface area contributed by atoms with Gasteiger partial charge in [-0.15, -0.1) is 12.4 Å². The van der Waals surface area contributed by atoms with E-state index in [4.69, 9.17) is 0 Å². The van der Waals surface area contributed by atoms with Gasteiger partial charge >= 0.3 is 0 Å². The van der Waals surface area contributed by atoms with Crippen LogP contribution in [0.2, 0.25) is 0 Å². The zero-order valence-electron chi connectivity index (χ0n) is 11.5. The van der Waals surface area contributed by atoms with Crippen LogP contribution in [0.1, 0.15) is 27.2 Å². The van der Waals surface area contributed by atoms with Crippen LogP contribution >= 0.6 is 12.4 Å². The monoisotopic (exact) mass is 263 g/mol. The SMILES string of the molecule is CCCN(C)CC(=O)N1CCNC(C)(C)C1.Cl. The van der Waals surface area contributed by atoms with E-state index in [0.717, 1.165) is 32.6 Å². The minimum Gasteiger partial charge on any atom is -0.338 e. The van der Waals surface area contributed by atoms with Gasteiger partial charge in [-0.25, -0.2) is 0 Å². The average molecular weight is 264 g/mol. The lowest BCUT2D eigenvalue weighted by molar-refractivity contribution is -0.134. The molecule has 0 saturated carbocycles. The Morgan fingerprint density at radius 3 is 2.65 bits per heavy atom. The van der Waals surface area contributed by atoms with Crippen molar-refractivity contribution in [1.29, 1.82) is 0 Å². The second-order valence-electron chi connectivity index (χ2n) is 5.36. The van der Waals surface area contributed by atoms with Crippen LogP contribution in [0, 0.1) is 0 Å². The minimum absolute atomic E-state index is 0. The van der Waals surface area contributed by atoms with Crippen molar-refractivity contribution >= 4 is 18.3 Å². The number of likely N-dealkylation sites (N-methyl/N-ethyl adjacent to an activating group) is 1. The molecule has 0 radical (unpaired) electrons. The molecule has 17 heavy (non-hydrogen) atoms. The number of hydrogen-bond acceptors (Lipinski definition) is 3. The number of hydrogen-bond donors (Lipinski definition) is 1. The second kappa shape index (κ2) is 7.19. The van der Waals surface area contributed by atoms with Crippen LogP contribution in [0.5, 0.6) is 0 Å². The minimum atomic E-state index is 0. The van der Waals surface area contributed by atoms with E-state index < -0.39 is 0 Å². The lowest BCUT2D eigenvalue weighted by Gasteiger charge is -2.39. The van der Waals surface area contributed by atoms with E-state index in [1.807, 2.05) is 11.9 Å². The summed E-state index contributed by atoms with van der Waals surface area (Å²) in [4.78, 5) is 16.1. The highest BCUT2D eigenvalue weighted by atomic mass is 35.5. The molecule has 0 bridgehead atoms. The summed E-state index contributed by atoms with van der Waals surface area (Å²) in [5.74, 6) is 0.255. The predicted octanol–water partition coefficient (Wildman–Crippen LogP) is 0.960. The normalized spacial score (nSPS) is 19.0. The smallest absolute Gasteiger partial charge is 0.236 e. The summed E-state index contributed by atoms with van der Waals surface area (Å²) in [7, 11) is 2.01. The number of carbonyl (C=O) groups excluding carboxylic acids is 1. The molecule has 4 nitrogen and oxygen atoms in total. The third kappa shape index (κ3) is 5.70. The van der Waals surface area contributed by atoms with Gasteiger partial charge in [-0.2, -0.15) is 0 Å². The summed E-state index contributed by atoms with van der Waals surface area (Å²) in [5.41, 5.74) is 0.0528. The molecule has 0 atom stereocenters. The van der Waals surface area contributed by atoms with Gasteiger partial charge in [0.1, 0.15) is 0 Å². The largest absolute Gasteiger partial charge is 0.338 e. The van der Waals surface area contributed by atoms with Crippen LogP contribution in [0.4, 0.5) is 0 Å². The van der Waals surface area contributed by atoms with Gasteiger partial charge in [-0.1, -0.05) is 6.92 Å². The van der Waals surface area contributed by atoms with Gasteiger partial charge in [-0.3, -0.25) is 9.69 Å². The van der Waals surface area contributed by atoms with Gasteiger partial charge in [-0.05, 0) is 33.9 Å². The zero-order valence-corrected chi connectivity index (χ0v) is 12.3. The molecule has 0 spiro atoms. The maximum atomic E-state index is 12.0. The second-order valence-corrected chi connectivity index (χ2v) is 5.36. The molecule has 1 aliphatic heterocycles. The highest BCUT2D eigenvalue weighted by Gasteiger charge is 2.28. The number of piperazine rings is 1. The third-order valence-electron chi connectivity index (χ3n) is 2.93. The van der Waals surface area contributed by atoms with Crippen molar-refractivity contribution in [3.8, 4) is 0 Å². The molecular weight excluding hydrogens is 238 g/mol. The first-order valence-electron chi connectivity index (χ1n) is 6.16. The molecule has 0 unspecified atom stereocenters. The fourth-order valence-corrected chi connectivity index (χ4v) is 2.15. The molecule has 102 valence electrons. The van der Waals surface area contributed by atoms with Crippen molar-refractivity contribution < 1.29 is 4.79 Å². The van der Waals surface area contributed by atoms with Gasteiger partial charge in [0.25, 0.3) is 0 Å². The lowest BCUT2D eigenvalue weighted by Crippen LogP contribution is -2.59. The molecule has 0 aromatic heterocycles.